The van der Waals surface area contributed by atoms with Gasteiger partial charge in [-0.05, 0) is 29.8 Å². The predicted octanol–water partition coefficient (Wildman–Crippen LogP) is 2.95. The molecule has 0 saturated carbocycles. The van der Waals surface area contributed by atoms with E-state index in [1.54, 1.807) is 36.4 Å². The summed E-state index contributed by atoms with van der Waals surface area (Å²) in [6.07, 6.45) is -0.733. The third-order valence-corrected chi connectivity index (χ3v) is 5.83. The number of rotatable bonds is 8. The molecule has 3 aromatic rings. The summed E-state index contributed by atoms with van der Waals surface area (Å²) in [7, 11) is 1.53. The molecule has 0 spiro atoms. The number of methoxy groups -OCH3 is 1. The van der Waals surface area contributed by atoms with Crippen LogP contribution in [0.15, 0.2) is 65.6 Å². The molecule has 0 radical (unpaired) electrons. The Morgan fingerprint density at radius 3 is 2.39 bits per heavy atom. The van der Waals surface area contributed by atoms with Crippen molar-refractivity contribution in [1.82, 2.24) is 9.55 Å². The lowest BCUT2D eigenvalue weighted by Crippen LogP contribution is -2.34. The van der Waals surface area contributed by atoms with Crippen molar-refractivity contribution >= 4 is 23.7 Å². The lowest BCUT2D eigenvalue weighted by atomic mass is 10.1. The van der Waals surface area contributed by atoms with E-state index < -0.39 is 42.0 Å². The molecular weight excluding hydrogens is 494 g/mol. The van der Waals surface area contributed by atoms with E-state index in [1.807, 2.05) is 18.2 Å². The van der Waals surface area contributed by atoms with Gasteiger partial charge >= 0.3 is 17.6 Å². The van der Waals surface area contributed by atoms with Gasteiger partial charge in [-0.3, -0.25) is 19.0 Å². The summed E-state index contributed by atoms with van der Waals surface area (Å²) in [5.41, 5.74) is 0.737. The Labute approximate surface area is 218 Å². The van der Waals surface area contributed by atoms with Crippen LogP contribution < -0.4 is 15.7 Å². The summed E-state index contributed by atoms with van der Waals surface area (Å²) in [6.45, 7) is 2.47. The first-order valence-corrected chi connectivity index (χ1v) is 11.8. The molecule has 1 fully saturated rings. The summed E-state index contributed by atoms with van der Waals surface area (Å²) in [4.78, 5) is 53.3. The van der Waals surface area contributed by atoms with Crippen molar-refractivity contribution in [3.8, 4) is 16.9 Å². The molecule has 4 rings (SSSR count). The fraction of sp³-hybridized carbons (Fsp3) is 0.296. The van der Waals surface area contributed by atoms with Crippen LogP contribution in [0, 0.1) is 0 Å². The molecule has 0 bridgehead atoms. The molecule has 1 aromatic heterocycles. The first-order valence-electron chi connectivity index (χ1n) is 11.8. The molecule has 1 amide bonds. The molecule has 2 heterocycles. The lowest BCUT2D eigenvalue weighted by molar-refractivity contribution is -0.153. The zero-order valence-corrected chi connectivity index (χ0v) is 21.1. The number of carbonyl (C=O) groups is 3. The summed E-state index contributed by atoms with van der Waals surface area (Å²) < 4.78 is 22.8. The number of aromatic nitrogens is 2. The highest BCUT2D eigenvalue weighted by Crippen LogP contribution is 2.33. The highest BCUT2D eigenvalue weighted by Gasteiger charge is 2.40. The number of ether oxygens (including phenoxy) is 4. The molecule has 11 nitrogen and oxygen atoms in total. The summed E-state index contributed by atoms with van der Waals surface area (Å²) >= 11 is 0. The topological polar surface area (TPSA) is 135 Å². The number of hydrogen-bond donors (Lipinski definition) is 1. The van der Waals surface area contributed by atoms with E-state index in [1.165, 1.54) is 31.7 Å². The van der Waals surface area contributed by atoms with Crippen molar-refractivity contribution < 1.29 is 33.3 Å². The number of nitrogens with one attached hydrogen (secondary N) is 1. The number of hydrogen-bond acceptors (Lipinski definition) is 9. The zero-order chi connectivity index (χ0) is 27.2. The number of esters is 2. The number of nitrogens with zero attached hydrogens (tertiary/aromatic N) is 2. The van der Waals surface area contributed by atoms with E-state index in [2.05, 4.69) is 10.3 Å². The Balaban J connectivity index is 1.71. The fourth-order valence-corrected chi connectivity index (χ4v) is 4.10. The molecule has 1 aliphatic heterocycles. The van der Waals surface area contributed by atoms with Gasteiger partial charge in [0.15, 0.2) is 6.23 Å². The van der Waals surface area contributed by atoms with Crippen LogP contribution in [0.1, 0.15) is 36.9 Å². The molecule has 0 unspecified atom stereocenters. The first kappa shape index (κ1) is 26.6. The predicted molar refractivity (Wildman–Crippen MR) is 136 cm³/mol. The second-order valence-electron chi connectivity index (χ2n) is 8.58. The van der Waals surface area contributed by atoms with Crippen LogP contribution >= 0.6 is 0 Å². The molecule has 1 aliphatic rings. The maximum Gasteiger partial charge on any atom is 0.351 e. The third-order valence-electron chi connectivity index (χ3n) is 5.83. The van der Waals surface area contributed by atoms with Crippen molar-refractivity contribution in [2.75, 3.05) is 19.0 Å². The highest BCUT2D eigenvalue weighted by molar-refractivity contribution is 6.05. The average Bonchev–Trinajstić information content (AvgIpc) is 3.29. The third kappa shape index (κ3) is 6.24. The molecule has 0 aliphatic carbocycles. The van der Waals surface area contributed by atoms with Crippen molar-refractivity contribution in [3.63, 3.8) is 0 Å². The molecular formula is C27H27N3O8. The van der Waals surface area contributed by atoms with Crippen LogP contribution in [0.3, 0.4) is 0 Å². The Bertz CT molecular complexity index is 1370. The minimum atomic E-state index is -1.02. The molecule has 198 valence electrons. The number of carbonyl (C=O) groups excluding carboxylic acids is 3. The SMILES string of the molecule is COc1ccc(C(=O)Nc2nc(=O)n([C@@H]3O[C@H](COC(C)=O)C[C@H]3OC(C)=O)cc2-c2ccccc2)cc1. The first-order chi connectivity index (χ1) is 18.2. The van der Waals surface area contributed by atoms with E-state index in [9.17, 15) is 19.2 Å². The van der Waals surface area contributed by atoms with Crippen LogP contribution in [-0.2, 0) is 23.8 Å². The Hall–Kier alpha value is -4.51. The largest absolute Gasteiger partial charge is 0.497 e. The number of anilines is 1. The fourth-order valence-electron chi connectivity index (χ4n) is 4.10. The monoisotopic (exact) mass is 521 g/mol. The van der Waals surface area contributed by atoms with Gasteiger partial charge in [0.05, 0.1) is 13.2 Å². The highest BCUT2D eigenvalue weighted by atomic mass is 16.6. The van der Waals surface area contributed by atoms with Crippen LogP contribution in [0.25, 0.3) is 11.1 Å². The van der Waals surface area contributed by atoms with Gasteiger partial charge in [-0.15, -0.1) is 0 Å². The Kier molecular flexibility index (Phi) is 8.17. The quantitative estimate of drug-likeness (QED) is 0.444. The second kappa shape index (κ2) is 11.7. The number of benzene rings is 2. The summed E-state index contributed by atoms with van der Waals surface area (Å²) in [5.74, 6) is -0.853. The summed E-state index contributed by atoms with van der Waals surface area (Å²) in [5, 5.41) is 2.72. The van der Waals surface area contributed by atoms with Gasteiger partial charge in [0.25, 0.3) is 5.91 Å². The van der Waals surface area contributed by atoms with E-state index in [-0.39, 0.29) is 18.8 Å². The van der Waals surface area contributed by atoms with Crippen molar-refractivity contribution in [2.24, 2.45) is 0 Å². The molecule has 1 N–H and O–H groups in total. The van der Waals surface area contributed by atoms with Crippen LogP contribution in [0.5, 0.6) is 5.75 Å². The molecule has 38 heavy (non-hydrogen) atoms. The number of amides is 1. The van der Waals surface area contributed by atoms with Crippen molar-refractivity contribution in [1.29, 1.82) is 0 Å². The van der Waals surface area contributed by atoms with E-state index in [0.29, 0.717) is 22.4 Å². The average molecular weight is 522 g/mol. The van der Waals surface area contributed by atoms with Gasteiger partial charge < -0.3 is 24.3 Å². The minimum absolute atomic E-state index is 0.0526. The standard InChI is InChI=1S/C27H27N3O8/c1-16(31)36-15-21-13-23(37-17(2)32)26(38-21)30-14-22(18-7-5-4-6-8-18)24(29-27(30)34)28-25(33)19-9-11-20(35-3)12-10-19/h4-12,14,21,23,26H,13,15H2,1-3H3,(H,28,29,33,34)/t21-,23+,26+/m0/s1. The second-order valence-corrected chi connectivity index (χ2v) is 8.58. The van der Waals surface area contributed by atoms with Crippen molar-refractivity contribution in [2.45, 2.75) is 38.7 Å². The van der Waals surface area contributed by atoms with Crippen LogP contribution in [0.4, 0.5) is 5.82 Å². The van der Waals surface area contributed by atoms with Gasteiger partial charge in [0.2, 0.25) is 0 Å². The smallest absolute Gasteiger partial charge is 0.351 e. The van der Waals surface area contributed by atoms with Crippen molar-refractivity contribution in [3.05, 3.63) is 76.8 Å². The van der Waals surface area contributed by atoms with Crippen LogP contribution in [0.2, 0.25) is 0 Å². The van der Waals surface area contributed by atoms with Gasteiger partial charge in [0.1, 0.15) is 24.3 Å². The molecule has 11 heteroatoms. The van der Waals surface area contributed by atoms with E-state index in [4.69, 9.17) is 18.9 Å². The normalized spacial score (nSPS) is 18.4. The lowest BCUT2D eigenvalue weighted by Gasteiger charge is -2.22. The molecule has 1 saturated heterocycles. The van der Waals surface area contributed by atoms with Gasteiger partial charge in [-0.2, -0.15) is 4.98 Å². The van der Waals surface area contributed by atoms with Gasteiger partial charge in [-0.25, -0.2) is 4.79 Å². The molecule has 3 atom stereocenters. The Morgan fingerprint density at radius 1 is 1.05 bits per heavy atom. The maximum atomic E-state index is 13.2. The van der Waals surface area contributed by atoms with E-state index >= 15 is 0 Å². The van der Waals surface area contributed by atoms with Gasteiger partial charge in [0, 0.05) is 37.6 Å². The zero-order valence-electron chi connectivity index (χ0n) is 21.1. The summed E-state index contributed by atoms with van der Waals surface area (Å²) in [6, 6.07) is 15.5. The Morgan fingerprint density at radius 2 is 1.76 bits per heavy atom. The van der Waals surface area contributed by atoms with Gasteiger partial charge in [-0.1, -0.05) is 30.3 Å². The minimum Gasteiger partial charge on any atom is -0.497 e. The van der Waals surface area contributed by atoms with E-state index in [0.717, 1.165) is 0 Å². The maximum absolute atomic E-state index is 13.2. The van der Waals surface area contributed by atoms with Crippen LogP contribution in [-0.4, -0.2) is 53.3 Å². The molecule has 2 aromatic carbocycles.